The Morgan fingerprint density at radius 3 is 2.04 bits per heavy atom. The molecule has 2 aromatic rings. The van der Waals surface area contributed by atoms with E-state index in [1.54, 1.807) is 6.20 Å². The maximum atomic E-state index is 12.7. The number of hydrogen-bond acceptors (Lipinski definition) is 7. The zero-order valence-electron chi connectivity index (χ0n) is 12.6. The summed E-state index contributed by atoms with van der Waals surface area (Å²) in [4.78, 5) is 6.21. The van der Waals surface area contributed by atoms with Gasteiger partial charge >= 0.3 is 0 Å². The highest BCUT2D eigenvalue weighted by Crippen LogP contribution is 2.23. The summed E-state index contributed by atoms with van der Waals surface area (Å²) in [6.45, 7) is 1.81. The maximum absolute atomic E-state index is 12.7. The Labute approximate surface area is 144 Å². The second-order valence-electron chi connectivity index (χ2n) is 5.22. The van der Waals surface area contributed by atoms with Crippen molar-refractivity contribution in [2.24, 2.45) is 5.14 Å². The zero-order valence-corrected chi connectivity index (χ0v) is 15.0. The molecule has 0 amide bonds. The number of hydrogen-bond donors (Lipinski definition) is 1. The standard InChI is InChI=1S/C13H16N4O4S3/c14-23(18,19)11-1-3-12(4-2-11)24(20,21)17-8-6-16(7-9-17)13-15-5-10-22-13/h1-5,10H,6-9H2,(H2,14,18,19). The first-order valence-electron chi connectivity index (χ1n) is 7.06. The lowest BCUT2D eigenvalue weighted by Gasteiger charge is -2.33. The molecule has 0 atom stereocenters. The van der Waals surface area contributed by atoms with Gasteiger partial charge in [0.15, 0.2) is 5.13 Å². The number of nitrogens with zero attached hydrogens (tertiary/aromatic N) is 3. The lowest BCUT2D eigenvalue weighted by molar-refractivity contribution is 0.384. The molecule has 24 heavy (non-hydrogen) atoms. The van der Waals surface area contributed by atoms with E-state index in [-0.39, 0.29) is 9.79 Å². The van der Waals surface area contributed by atoms with E-state index in [9.17, 15) is 16.8 Å². The normalized spacial score (nSPS) is 17.1. The predicted molar refractivity (Wildman–Crippen MR) is 90.9 cm³/mol. The van der Waals surface area contributed by atoms with Crippen LogP contribution in [-0.4, -0.2) is 52.3 Å². The second-order valence-corrected chi connectivity index (χ2v) is 9.59. The Bertz CT molecular complexity index is 901. The van der Waals surface area contributed by atoms with E-state index in [2.05, 4.69) is 4.98 Å². The van der Waals surface area contributed by atoms with Crippen LogP contribution in [-0.2, 0) is 20.0 Å². The summed E-state index contributed by atoms with van der Waals surface area (Å²) in [6.07, 6.45) is 1.72. The fourth-order valence-electron chi connectivity index (χ4n) is 2.44. The van der Waals surface area contributed by atoms with Crippen molar-refractivity contribution in [2.45, 2.75) is 9.79 Å². The lowest BCUT2D eigenvalue weighted by atomic mass is 10.4. The molecule has 1 aromatic heterocycles. The average Bonchev–Trinajstić information content (AvgIpc) is 3.09. The predicted octanol–water partition coefficient (Wildman–Crippen LogP) is 0.301. The number of aromatic nitrogens is 1. The highest BCUT2D eigenvalue weighted by atomic mass is 32.2. The third-order valence-electron chi connectivity index (χ3n) is 3.72. The van der Waals surface area contributed by atoms with Gasteiger partial charge in [-0.15, -0.1) is 11.3 Å². The van der Waals surface area contributed by atoms with Crippen LogP contribution in [0.4, 0.5) is 5.13 Å². The Balaban J connectivity index is 1.74. The van der Waals surface area contributed by atoms with Crippen LogP contribution in [0.25, 0.3) is 0 Å². The van der Waals surface area contributed by atoms with Crippen molar-refractivity contribution in [3.05, 3.63) is 35.8 Å². The molecule has 1 aliphatic rings. The molecule has 0 spiro atoms. The summed E-state index contributed by atoms with van der Waals surface area (Å²) < 4.78 is 49.2. The highest BCUT2D eigenvalue weighted by Gasteiger charge is 2.29. The van der Waals surface area contributed by atoms with Gasteiger partial charge in [0.05, 0.1) is 9.79 Å². The van der Waals surface area contributed by atoms with E-state index in [0.29, 0.717) is 26.2 Å². The van der Waals surface area contributed by atoms with Crippen molar-refractivity contribution < 1.29 is 16.8 Å². The molecule has 0 saturated carbocycles. The Morgan fingerprint density at radius 1 is 0.958 bits per heavy atom. The van der Waals surface area contributed by atoms with Gasteiger partial charge in [-0.25, -0.2) is 27.0 Å². The largest absolute Gasteiger partial charge is 0.345 e. The number of nitrogens with two attached hydrogens (primary N) is 1. The Kier molecular flexibility index (Phi) is 4.62. The first kappa shape index (κ1) is 17.3. The van der Waals surface area contributed by atoms with Gasteiger partial charge in [0.2, 0.25) is 20.0 Å². The second kappa shape index (κ2) is 6.41. The van der Waals surface area contributed by atoms with Crippen molar-refractivity contribution in [3.63, 3.8) is 0 Å². The third kappa shape index (κ3) is 3.44. The fourth-order valence-corrected chi connectivity index (χ4v) is 5.08. The zero-order chi connectivity index (χ0) is 17.4. The molecule has 11 heteroatoms. The van der Waals surface area contributed by atoms with Gasteiger partial charge < -0.3 is 4.90 Å². The van der Waals surface area contributed by atoms with E-state index >= 15 is 0 Å². The molecule has 2 N–H and O–H groups in total. The van der Waals surface area contributed by atoms with Gasteiger partial charge in [-0.2, -0.15) is 4.31 Å². The maximum Gasteiger partial charge on any atom is 0.243 e. The highest BCUT2D eigenvalue weighted by molar-refractivity contribution is 7.89. The molecule has 3 rings (SSSR count). The van der Waals surface area contributed by atoms with Crippen molar-refractivity contribution in [2.75, 3.05) is 31.1 Å². The molecule has 2 heterocycles. The van der Waals surface area contributed by atoms with Crippen LogP contribution < -0.4 is 10.0 Å². The van der Waals surface area contributed by atoms with Crippen LogP contribution in [0, 0.1) is 0 Å². The topological polar surface area (TPSA) is 114 Å². The van der Waals surface area contributed by atoms with Crippen molar-refractivity contribution in [1.29, 1.82) is 0 Å². The van der Waals surface area contributed by atoms with Crippen molar-refractivity contribution in [3.8, 4) is 0 Å². The Hall–Kier alpha value is -1.53. The molecule has 1 saturated heterocycles. The van der Waals surface area contributed by atoms with Crippen LogP contribution in [0.2, 0.25) is 0 Å². The van der Waals surface area contributed by atoms with Gasteiger partial charge in [0.1, 0.15) is 0 Å². The molecule has 130 valence electrons. The summed E-state index contributed by atoms with van der Waals surface area (Å²) in [7, 11) is -7.51. The molecule has 1 aromatic carbocycles. The molecule has 0 aliphatic carbocycles. The summed E-state index contributed by atoms with van der Waals surface area (Å²) in [5.41, 5.74) is 0. The summed E-state index contributed by atoms with van der Waals surface area (Å²) >= 11 is 1.52. The van der Waals surface area contributed by atoms with Crippen molar-refractivity contribution >= 4 is 36.5 Å². The molecular formula is C13H16N4O4S3. The minimum atomic E-state index is -3.84. The monoisotopic (exact) mass is 388 g/mol. The number of benzene rings is 1. The summed E-state index contributed by atoms with van der Waals surface area (Å²) in [5.74, 6) is 0. The number of thiazole rings is 1. The van der Waals surface area contributed by atoms with Crippen LogP contribution in [0.1, 0.15) is 0 Å². The number of piperazine rings is 1. The van der Waals surface area contributed by atoms with Crippen molar-refractivity contribution in [1.82, 2.24) is 9.29 Å². The molecule has 1 aliphatic heterocycles. The van der Waals surface area contributed by atoms with Gasteiger partial charge in [0.25, 0.3) is 0 Å². The van der Waals surface area contributed by atoms with E-state index in [0.717, 1.165) is 5.13 Å². The number of anilines is 1. The first-order valence-corrected chi connectivity index (χ1v) is 10.9. The van der Waals surface area contributed by atoms with Gasteiger partial charge in [-0.1, -0.05) is 0 Å². The van der Waals surface area contributed by atoms with E-state index in [4.69, 9.17) is 5.14 Å². The fraction of sp³-hybridized carbons (Fsp3) is 0.308. The first-order chi connectivity index (χ1) is 11.3. The lowest BCUT2D eigenvalue weighted by Crippen LogP contribution is -2.48. The molecule has 0 radical (unpaired) electrons. The van der Waals surface area contributed by atoms with E-state index in [1.807, 2.05) is 10.3 Å². The molecule has 0 unspecified atom stereocenters. The molecule has 0 bridgehead atoms. The number of sulfonamides is 2. The van der Waals surface area contributed by atoms with E-state index in [1.165, 1.54) is 39.9 Å². The average molecular weight is 388 g/mol. The molecule has 8 nitrogen and oxygen atoms in total. The number of rotatable bonds is 4. The quantitative estimate of drug-likeness (QED) is 0.806. The van der Waals surface area contributed by atoms with Crippen LogP contribution in [0.15, 0.2) is 45.6 Å². The molecule has 1 fully saturated rings. The van der Waals surface area contributed by atoms with Gasteiger partial charge in [-0.05, 0) is 24.3 Å². The minimum absolute atomic E-state index is 0.0533. The van der Waals surface area contributed by atoms with Crippen LogP contribution in [0.5, 0.6) is 0 Å². The van der Waals surface area contributed by atoms with Gasteiger partial charge in [0, 0.05) is 37.8 Å². The summed E-state index contributed by atoms with van der Waals surface area (Å²) in [5, 5.41) is 7.78. The number of primary sulfonamides is 1. The minimum Gasteiger partial charge on any atom is -0.345 e. The van der Waals surface area contributed by atoms with Crippen LogP contribution in [0.3, 0.4) is 0 Å². The van der Waals surface area contributed by atoms with Gasteiger partial charge in [-0.3, -0.25) is 0 Å². The molecular weight excluding hydrogens is 372 g/mol. The van der Waals surface area contributed by atoms with Crippen LogP contribution >= 0.6 is 11.3 Å². The smallest absolute Gasteiger partial charge is 0.243 e. The summed E-state index contributed by atoms with van der Waals surface area (Å²) in [6, 6.07) is 4.94. The third-order valence-corrected chi connectivity index (χ3v) is 7.39. The van der Waals surface area contributed by atoms with E-state index < -0.39 is 20.0 Å². The SMILES string of the molecule is NS(=O)(=O)c1ccc(S(=O)(=O)N2CCN(c3nccs3)CC2)cc1. The Morgan fingerprint density at radius 2 is 1.54 bits per heavy atom.